The number of hydrogen-bond donors (Lipinski definition) is 2. The van der Waals surface area contributed by atoms with Crippen LogP contribution in [0.25, 0.3) is 0 Å². The molecular formula is C12H10BrCl2NO3S2. The van der Waals surface area contributed by atoms with Gasteiger partial charge in [0.25, 0.3) is 10.0 Å². The van der Waals surface area contributed by atoms with Crippen LogP contribution in [0.5, 0.6) is 0 Å². The molecule has 1 aromatic carbocycles. The Hall–Kier alpha value is -0.310. The molecule has 0 saturated heterocycles. The van der Waals surface area contributed by atoms with Gasteiger partial charge in [0, 0.05) is 4.47 Å². The zero-order chi connectivity index (χ0) is 15.8. The summed E-state index contributed by atoms with van der Waals surface area (Å²) in [6.45, 7) is 1.31. The molecule has 9 heteroatoms. The fourth-order valence-corrected chi connectivity index (χ4v) is 5.96. The van der Waals surface area contributed by atoms with Crippen LogP contribution in [-0.4, -0.2) is 13.5 Å². The molecule has 0 fully saturated rings. The summed E-state index contributed by atoms with van der Waals surface area (Å²) in [5, 5.41) is 11.3. The van der Waals surface area contributed by atoms with Gasteiger partial charge in [0.1, 0.15) is 4.90 Å². The van der Waals surface area contributed by atoms with E-state index in [-0.39, 0.29) is 27.2 Å². The van der Waals surface area contributed by atoms with Gasteiger partial charge in [0.2, 0.25) is 0 Å². The molecule has 1 heterocycles. The third-order valence-corrected chi connectivity index (χ3v) is 6.50. The van der Waals surface area contributed by atoms with Gasteiger partial charge in [-0.05, 0) is 30.0 Å². The lowest BCUT2D eigenvalue weighted by Crippen LogP contribution is -2.15. The van der Waals surface area contributed by atoms with E-state index < -0.39 is 10.0 Å². The summed E-state index contributed by atoms with van der Waals surface area (Å²) in [5.74, 6) is 0. The first kappa shape index (κ1) is 17.1. The fraction of sp³-hybridized carbons (Fsp3) is 0.167. The Kier molecular flexibility index (Phi) is 5.23. The van der Waals surface area contributed by atoms with Crippen LogP contribution < -0.4 is 4.72 Å². The topological polar surface area (TPSA) is 66.4 Å². The number of aryl methyl sites for hydroxylation is 1. The molecule has 1 aromatic heterocycles. The van der Waals surface area contributed by atoms with Gasteiger partial charge in [-0.25, -0.2) is 8.42 Å². The number of thiophene rings is 1. The minimum Gasteiger partial charge on any atom is -0.391 e. The Labute approximate surface area is 144 Å². The van der Waals surface area contributed by atoms with Crippen molar-refractivity contribution in [3.05, 3.63) is 42.5 Å². The van der Waals surface area contributed by atoms with Crippen molar-refractivity contribution in [3.63, 3.8) is 0 Å². The third kappa shape index (κ3) is 3.55. The number of benzene rings is 1. The van der Waals surface area contributed by atoms with Crippen LogP contribution in [0, 0.1) is 6.92 Å². The molecule has 21 heavy (non-hydrogen) atoms. The molecule has 0 saturated carbocycles. The SMILES string of the molecule is Cc1csc(CO)c1S(=O)(=O)Nc1c(Cl)cc(Br)cc1Cl. The highest BCUT2D eigenvalue weighted by Crippen LogP contribution is 2.36. The molecule has 0 amide bonds. The highest BCUT2D eigenvalue weighted by molar-refractivity contribution is 9.10. The lowest BCUT2D eigenvalue weighted by atomic mass is 10.3. The lowest BCUT2D eigenvalue weighted by molar-refractivity contribution is 0.282. The van der Waals surface area contributed by atoms with Crippen LogP contribution in [-0.2, 0) is 16.6 Å². The maximum absolute atomic E-state index is 12.5. The standard InChI is InChI=1S/C12H10BrCl2NO3S2/c1-6-5-20-10(4-17)12(6)21(18,19)16-11-8(14)2-7(13)3-9(11)15/h2-3,5,16-17H,4H2,1H3. The molecule has 2 N–H and O–H groups in total. The molecule has 0 atom stereocenters. The first-order valence-electron chi connectivity index (χ1n) is 5.61. The van der Waals surface area contributed by atoms with Crippen LogP contribution in [0.3, 0.4) is 0 Å². The average molecular weight is 431 g/mol. The molecule has 0 unspecified atom stereocenters. The van der Waals surface area contributed by atoms with Gasteiger partial charge in [-0.2, -0.15) is 0 Å². The molecule has 0 bridgehead atoms. The number of nitrogens with one attached hydrogen (secondary N) is 1. The molecular weight excluding hydrogens is 421 g/mol. The monoisotopic (exact) mass is 429 g/mol. The highest BCUT2D eigenvalue weighted by atomic mass is 79.9. The summed E-state index contributed by atoms with van der Waals surface area (Å²) >= 11 is 16.5. The molecule has 0 aliphatic heterocycles. The second-order valence-corrected chi connectivity index (χ2v) is 8.49. The zero-order valence-electron chi connectivity index (χ0n) is 10.7. The van der Waals surface area contributed by atoms with E-state index in [1.807, 2.05) is 0 Å². The van der Waals surface area contributed by atoms with Crippen molar-refractivity contribution in [2.75, 3.05) is 4.72 Å². The van der Waals surface area contributed by atoms with E-state index in [0.29, 0.717) is 14.9 Å². The molecule has 0 aliphatic carbocycles. The molecule has 114 valence electrons. The van der Waals surface area contributed by atoms with Gasteiger partial charge < -0.3 is 5.11 Å². The predicted octanol–water partition coefficient (Wildman–Crippen LogP) is 4.42. The molecule has 0 aliphatic rings. The van der Waals surface area contributed by atoms with Crippen LogP contribution in [0.4, 0.5) is 5.69 Å². The number of sulfonamides is 1. The number of aliphatic hydroxyl groups excluding tert-OH is 1. The van der Waals surface area contributed by atoms with Gasteiger partial charge in [0.15, 0.2) is 0 Å². The van der Waals surface area contributed by atoms with E-state index >= 15 is 0 Å². The first-order chi connectivity index (χ1) is 9.76. The molecule has 2 aromatic rings. The number of anilines is 1. The van der Waals surface area contributed by atoms with Gasteiger partial charge in [0.05, 0.1) is 27.2 Å². The number of aliphatic hydroxyl groups is 1. The summed E-state index contributed by atoms with van der Waals surface area (Å²) < 4.78 is 28.0. The zero-order valence-corrected chi connectivity index (χ0v) is 15.4. The van der Waals surface area contributed by atoms with Crippen molar-refractivity contribution in [2.45, 2.75) is 18.4 Å². The van der Waals surface area contributed by atoms with E-state index in [1.165, 1.54) is 11.3 Å². The predicted molar refractivity (Wildman–Crippen MR) is 89.9 cm³/mol. The smallest absolute Gasteiger partial charge is 0.263 e. The summed E-state index contributed by atoms with van der Waals surface area (Å²) in [6, 6.07) is 3.08. The number of hydrogen-bond acceptors (Lipinski definition) is 4. The Morgan fingerprint density at radius 2 is 1.90 bits per heavy atom. The van der Waals surface area contributed by atoms with Crippen molar-refractivity contribution >= 4 is 66.2 Å². The minimum atomic E-state index is -3.89. The van der Waals surface area contributed by atoms with Gasteiger partial charge in [-0.3, -0.25) is 4.72 Å². The van der Waals surface area contributed by atoms with E-state index in [9.17, 15) is 13.5 Å². The quantitative estimate of drug-likeness (QED) is 0.754. The largest absolute Gasteiger partial charge is 0.391 e. The maximum Gasteiger partial charge on any atom is 0.263 e. The maximum atomic E-state index is 12.5. The van der Waals surface area contributed by atoms with Gasteiger partial charge in [-0.1, -0.05) is 39.1 Å². The van der Waals surface area contributed by atoms with E-state index in [0.717, 1.165) is 0 Å². The van der Waals surface area contributed by atoms with Crippen molar-refractivity contribution in [1.82, 2.24) is 0 Å². The fourth-order valence-electron chi connectivity index (χ4n) is 1.78. The number of rotatable bonds is 4. The minimum absolute atomic E-state index is 0.0602. The van der Waals surface area contributed by atoms with Crippen LogP contribution in [0.2, 0.25) is 10.0 Å². The van der Waals surface area contributed by atoms with Crippen molar-refractivity contribution < 1.29 is 13.5 Å². The summed E-state index contributed by atoms with van der Waals surface area (Å²) in [6.07, 6.45) is 0. The van der Waals surface area contributed by atoms with Crippen molar-refractivity contribution in [2.24, 2.45) is 0 Å². The van der Waals surface area contributed by atoms with Crippen molar-refractivity contribution in [3.8, 4) is 0 Å². The van der Waals surface area contributed by atoms with Crippen LogP contribution in [0.1, 0.15) is 10.4 Å². The van der Waals surface area contributed by atoms with Crippen LogP contribution >= 0.6 is 50.5 Å². The Bertz CT molecular complexity index is 767. The summed E-state index contributed by atoms with van der Waals surface area (Å²) in [5.41, 5.74) is 0.664. The molecule has 0 spiro atoms. The normalized spacial score (nSPS) is 11.7. The van der Waals surface area contributed by atoms with Gasteiger partial charge in [-0.15, -0.1) is 11.3 Å². The molecule has 0 radical (unpaired) electrons. The Morgan fingerprint density at radius 1 is 1.33 bits per heavy atom. The Balaban J connectivity index is 2.50. The number of halogens is 3. The van der Waals surface area contributed by atoms with Crippen LogP contribution in [0.15, 0.2) is 26.9 Å². The molecule has 2 rings (SSSR count). The Morgan fingerprint density at radius 3 is 2.43 bits per heavy atom. The average Bonchev–Trinajstić information content (AvgIpc) is 2.76. The van der Waals surface area contributed by atoms with E-state index in [2.05, 4.69) is 20.7 Å². The third-order valence-electron chi connectivity index (χ3n) is 2.65. The lowest BCUT2D eigenvalue weighted by Gasteiger charge is -2.12. The highest BCUT2D eigenvalue weighted by Gasteiger charge is 2.24. The summed E-state index contributed by atoms with van der Waals surface area (Å²) in [7, 11) is -3.89. The van der Waals surface area contributed by atoms with E-state index in [4.69, 9.17) is 23.2 Å². The first-order valence-corrected chi connectivity index (χ1v) is 9.52. The van der Waals surface area contributed by atoms with E-state index in [1.54, 1.807) is 24.4 Å². The second-order valence-electron chi connectivity index (χ2n) is 4.18. The summed E-state index contributed by atoms with van der Waals surface area (Å²) in [4.78, 5) is 0.425. The molecule has 4 nitrogen and oxygen atoms in total. The second kappa shape index (κ2) is 6.44. The van der Waals surface area contributed by atoms with Gasteiger partial charge >= 0.3 is 0 Å². The van der Waals surface area contributed by atoms with Crippen molar-refractivity contribution in [1.29, 1.82) is 0 Å².